The fourth-order valence-electron chi connectivity index (χ4n) is 4.03. The highest BCUT2D eigenvalue weighted by atomic mass is 32.1. The standard InChI is InChI=1S/C23H24FN7O3S/c1-13(2)26-21(32)14-6-8-30(9-7-14)23-28-20-18(35-23)22(33)31(12-25-20)11-17-27-19(29-34-17)15-4-3-5-16(24)10-15/h3-5,10,12-14H,6-9,11H2,1-2H3,(H,26,32). The van der Waals surface area contributed by atoms with Crippen LogP contribution in [-0.4, -0.2) is 49.7 Å². The minimum absolute atomic E-state index is 0.00921. The molecule has 4 heterocycles. The van der Waals surface area contributed by atoms with Crippen molar-refractivity contribution in [2.24, 2.45) is 5.92 Å². The van der Waals surface area contributed by atoms with Gasteiger partial charge < -0.3 is 14.7 Å². The molecule has 0 atom stereocenters. The number of hydrogen-bond acceptors (Lipinski definition) is 9. The summed E-state index contributed by atoms with van der Waals surface area (Å²) in [6.45, 7) is 5.32. The molecule has 182 valence electrons. The molecule has 4 aromatic rings. The molecule has 0 bridgehead atoms. The molecule has 5 rings (SSSR count). The van der Waals surface area contributed by atoms with Crippen LogP contribution in [0.15, 0.2) is 39.9 Å². The highest BCUT2D eigenvalue weighted by molar-refractivity contribution is 7.22. The molecule has 0 aliphatic carbocycles. The van der Waals surface area contributed by atoms with Crippen molar-refractivity contribution < 1.29 is 13.7 Å². The lowest BCUT2D eigenvalue weighted by Crippen LogP contribution is -2.42. The summed E-state index contributed by atoms with van der Waals surface area (Å²) in [7, 11) is 0. The van der Waals surface area contributed by atoms with Gasteiger partial charge in [-0.3, -0.25) is 14.2 Å². The number of hydrogen-bond donors (Lipinski definition) is 1. The quantitative estimate of drug-likeness (QED) is 0.432. The van der Waals surface area contributed by atoms with Gasteiger partial charge in [0, 0.05) is 30.6 Å². The van der Waals surface area contributed by atoms with Gasteiger partial charge in [-0.1, -0.05) is 28.6 Å². The van der Waals surface area contributed by atoms with Gasteiger partial charge in [0.25, 0.3) is 5.56 Å². The summed E-state index contributed by atoms with van der Waals surface area (Å²) in [5, 5.41) is 7.58. The average Bonchev–Trinajstić information content (AvgIpc) is 3.48. The molecule has 1 aliphatic rings. The second-order valence-corrected chi connectivity index (χ2v) is 9.75. The van der Waals surface area contributed by atoms with Crippen LogP contribution in [-0.2, 0) is 11.3 Å². The third-order valence-corrected chi connectivity index (χ3v) is 6.89. The first-order valence-corrected chi connectivity index (χ1v) is 12.2. The zero-order chi connectivity index (χ0) is 24.5. The van der Waals surface area contributed by atoms with Crippen LogP contribution in [0.2, 0.25) is 0 Å². The minimum atomic E-state index is -0.399. The van der Waals surface area contributed by atoms with E-state index in [1.165, 1.54) is 34.4 Å². The maximum Gasteiger partial charge on any atom is 0.273 e. The maximum absolute atomic E-state index is 13.5. The van der Waals surface area contributed by atoms with Gasteiger partial charge in [0.2, 0.25) is 17.6 Å². The van der Waals surface area contributed by atoms with E-state index in [4.69, 9.17) is 4.52 Å². The lowest BCUT2D eigenvalue weighted by Gasteiger charge is -2.31. The number of benzene rings is 1. The first-order valence-electron chi connectivity index (χ1n) is 11.4. The summed E-state index contributed by atoms with van der Waals surface area (Å²) >= 11 is 1.29. The van der Waals surface area contributed by atoms with Gasteiger partial charge >= 0.3 is 0 Å². The first-order chi connectivity index (χ1) is 16.9. The molecule has 3 aromatic heterocycles. The molecule has 1 amide bonds. The van der Waals surface area contributed by atoms with Gasteiger partial charge in [0.1, 0.15) is 23.4 Å². The number of amides is 1. The predicted molar refractivity (Wildman–Crippen MR) is 129 cm³/mol. The summed E-state index contributed by atoms with van der Waals surface area (Å²) in [6.07, 6.45) is 2.87. The molecule has 1 N–H and O–H groups in total. The molecule has 1 aliphatic heterocycles. The second-order valence-electron chi connectivity index (χ2n) is 8.77. The molecule has 0 radical (unpaired) electrons. The number of carbonyl (C=O) groups is 1. The van der Waals surface area contributed by atoms with Crippen LogP contribution in [0.5, 0.6) is 0 Å². The summed E-state index contributed by atoms with van der Waals surface area (Å²) in [5.74, 6) is 0.134. The molecule has 1 saturated heterocycles. The number of fused-ring (bicyclic) bond motifs is 1. The number of thiazole rings is 1. The van der Waals surface area contributed by atoms with Crippen molar-refractivity contribution in [2.75, 3.05) is 18.0 Å². The van der Waals surface area contributed by atoms with Crippen LogP contribution in [0.1, 0.15) is 32.6 Å². The Balaban J connectivity index is 1.30. The van der Waals surface area contributed by atoms with Gasteiger partial charge in [-0.05, 0) is 38.8 Å². The molecular formula is C23H24FN7O3S. The molecule has 0 saturated carbocycles. The topological polar surface area (TPSA) is 119 Å². The Bertz CT molecular complexity index is 1420. The van der Waals surface area contributed by atoms with Crippen LogP contribution < -0.4 is 15.8 Å². The zero-order valence-electron chi connectivity index (χ0n) is 19.3. The Hall–Kier alpha value is -3.67. The molecule has 1 fully saturated rings. The molecular weight excluding hydrogens is 473 g/mol. The average molecular weight is 498 g/mol. The van der Waals surface area contributed by atoms with E-state index >= 15 is 0 Å². The number of nitrogens with one attached hydrogen (secondary N) is 1. The molecule has 10 nitrogen and oxygen atoms in total. The van der Waals surface area contributed by atoms with Crippen molar-refractivity contribution in [2.45, 2.75) is 39.3 Å². The molecule has 12 heteroatoms. The van der Waals surface area contributed by atoms with E-state index < -0.39 is 5.82 Å². The summed E-state index contributed by atoms with van der Waals surface area (Å²) < 4.78 is 20.6. The lowest BCUT2D eigenvalue weighted by atomic mass is 9.96. The fourth-order valence-corrected chi connectivity index (χ4v) is 5.05. The number of rotatable bonds is 6. The van der Waals surface area contributed by atoms with Crippen molar-refractivity contribution in [1.82, 2.24) is 30.0 Å². The van der Waals surface area contributed by atoms with E-state index in [1.54, 1.807) is 12.1 Å². The Morgan fingerprint density at radius 1 is 1.29 bits per heavy atom. The largest absolute Gasteiger partial charge is 0.354 e. The Kier molecular flexibility index (Phi) is 6.29. The second kappa shape index (κ2) is 9.53. The van der Waals surface area contributed by atoms with Gasteiger partial charge in [0.15, 0.2) is 10.8 Å². The lowest BCUT2D eigenvalue weighted by molar-refractivity contribution is -0.126. The van der Waals surface area contributed by atoms with Crippen molar-refractivity contribution in [1.29, 1.82) is 0 Å². The van der Waals surface area contributed by atoms with Crippen LogP contribution in [0.3, 0.4) is 0 Å². The number of aromatic nitrogens is 5. The van der Waals surface area contributed by atoms with Crippen LogP contribution in [0.25, 0.3) is 21.7 Å². The highest BCUT2D eigenvalue weighted by Crippen LogP contribution is 2.29. The fraction of sp³-hybridized carbons (Fsp3) is 0.391. The Morgan fingerprint density at radius 3 is 2.83 bits per heavy atom. The smallest absolute Gasteiger partial charge is 0.273 e. The summed E-state index contributed by atoms with van der Waals surface area (Å²) in [6, 6.07) is 6.01. The van der Waals surface area contributed by atoms with Crippen molar-refractivity contribution in [3.63, 3.8) is 0 Å². The minimum Gasteiger partial charge on any atom is -0.354 e. The molecule has 1 aromatic carbocycles. The maximum atomic E-state index is 13.5. The normalized spacial score (nSPS) is 14.7. The van der Waals surface area contributed by atoms with Gasteiger partial charge in [-0.25, -0.2) is 9.37 Å². The van der Waals surface area contributed by atoms with Crippen LogP contribution in [0.4, 0.5) is 9.52 Å². The van der Waals surface area contributed by atoms with Crippen molar-refractivity contribution in [3.8, 4) is 11.4 Å². The zero-order valence-corrected chi connectivity index (χ0v) is 20.1. The van der Waals surface area contributed by atoms with Gasteiger partial charge in [-0.2, -0.15) is 9.97 Å². The number of halogens is 1. The van der Waals surface area contributed by atoms with Crippen LogP contribution in [0, 0.1) is 11.7 Å². The van der Waals surface area contributed by atoms with E-state index in [2.05, 4.69) is 30.3 Å². The van der Waals surface area contributed by atoms with Gasteiger partial charge in [-0.15, -0.1) is 0 Å². The van der Waals surface area contributed by atoms with Crippen molar-refractivity contribution in [3.05, 3.63) is 52.7 Å². The SMILES string of the molecule is CC(C)NC(=O)C1CCN(c2nc3ncn(Cc4nc(-c5cccc(F)c5)no4)c(=O)c3s2)CC1. The Labute approximate surface area is 203 Å². The monoisotopic (exact) mass is 497 g/mol. The van der Waals surface area contributed by atoms with E-state index in [1.807, 2.05) is 13.8 Å². The third kappa shape index (κ3) is 4.92. The van der Waals surface area contributed by atoms with E-state index in [0.717, 1.165) is 18.0 Å². The molecule has 0 spiro atoms. The highest BCUT2D eigenvalue weighted by Gasteiger charge is 2.27. The summed E-state index contributed by atoms with van der Waals surface area (Å²) in [4.78, 5) is 40.6. The summed E-state index contributed by atoms with van der Waals surface area (Å²) in [5.41, 5.74) is 0.617. The molecule has 35 heavy (non-hydrogen) atoms. The van der Waals surface area contributed by atoms with E-state index in [0.29, 0.717) is 29.0 Å². The molecule has 0 unspecified atom stereocenters. The van der Waals surface area contributed by atoms with E-state index in [9.17, 15) is 14.0 Å². The van der Waals surface area contributed by atoms with E-state index in [-0.39, 0.29) is 41.7 Å². The number of anilines is 1. The predicted octanol–water partition coefficient (Wildman–Crippen LogP) is 2.83. The van der Waals surface area contributed by atoms with Gasteiger partial charge in [0.05, 0.1) is 0 Å². The number of piperidine rings is 1. The van der Waals surface area contributed by atoms with Crippen molar-refractivity contribution >= 4 is 32.7 Å². The third-order valence-electron chi connectivity index (χ3n) is 5.80. The Morgan fingerprint density at radius 2 is 2.09 bits per heavy atom. The first kappa shape index (κ1) is 23.1. The van der Waals surface area contributed by atoms with Crippen LogP contribution >= 0.6 is 11.3 Å². The number of carbonyl (C=O) groups excluding carboxylic acids is 1. The number of nitrogens with zero attached hydrogens (tertiary/aromatic N) is 6.